The number of aromatic amines is 1. The molecule has 1 amide bonds. The van der Waals surface area contributed by atoms with Crippen LogP contribution in [-0.2, 0) is 32.0 Å². The minimum absolute atomic E-state index is 0.00387. The number of amidine groups is 1. The highest BCUT2D eigenvalue weighted by molar-refractivity contribution is 7.85. The zero-order chi connectivity index (χ0) is 34.4. The molecule has 3 aliphatic rings. The van der Waals surface area contributed by atoms with E-state index in [1.165, 1.54) is 6.21 Å². The number of hydrogen-bond donors (Lipinski definition) is 11. The molecule has 1 fully saturated rings. The first-order chi connectivity index (χ1) is 22.0. The van der Waals surface area contributed by atoms with Crippen molar-refractivity contribution in [2.75, 3.05) is 18.9 Å². The van der Waals surface area contributed by atoms with Gasteiger partial charge in [0, 0.05) is 16.7 Å². The van der Waals surface area contributed by atoms with E-state index in [2.05, 4.69) is 73.9 Å². The fourth-order valence-corrected chi connectivity index (χ4v) is 7.21. The molecule has 0 radical (unpaired) electrons. The summed E-state index contributed by atoms with van der Waals surface area (Å²) in [6.45, 7) is -1.91. The number of amides is 1. The number of hydrogen-bond acceptors (Lipinski definition) is 20. The van der Waals surface area contributed by atoms with Gasteiger partial charge >= 0.3 is 15.6 Å². The minimum Gasteiger partial charge on any atom is -0.390 e. The van der Waals surface area contributed by atoms with Crippen LogP contribution in [0, 0.1) is 0 Å². The number of nitrogens with one attached hydrogen (secondary N) is 2. The highest BCUT2D eigenvalue weighted by Gasteiger charge is 2.46. The van der Waals surface area contributed by atoms with Crippen LogP contribution in [0.15, 0.2) is 26.1 Å². The maximum absolute atomic E-state index is 12.4. The van der Waals surface area contributed by atoms with E-state index in [-0.39, 0.29) is 28.7 Å². The number of carbonyl (C=O) groups is 1. The number of aliphatic imine (C=N–C) groups is 3. The van der Waals surface area contributed by atoms with Crippen LogP contribution in [-0.4, -0.2) is 129 Å². The van der Waals surface area contributed by atoms with E-state index in [1.54, 1.807) is 0 Å². The molecule has 0 spiro atoms. The van der Waals surface area contributed by atoms with E-state index < -0.39 is 93.8 Å². The zero-order valence-corrected chi connectivity index (χ0v) is 27.0. The van der Waals surface area contributed by atoms with Gasteiger partial charge in [-0.2, -0.15) is 34.6 Å². The number of nitrogens with two attached hydrogens (primary N) is 2. The second kappa shape index (κ2) is 13.7. The molecule has 5 heterocycles. The second-order valence-corrected chi connectivity index (χ2v) is 14.3. The van der Waals surface area contributed by atoms with Gasteiger partial charge in [-0.3, -0.25) is 38.9 Å². The van der Waals surface area contributed by atoms with Gasteiger partial charge in [-0.05, 0) is 0 Å². The number of fused-ring (bicyclic) bond motifs is 2. The molecule has 0 saturated carbocycles. The van der Waals surface area contributed by atoms with Gasteiger partial charge in [-0.25, -0.2) is 24.1 Å². The molecule has 5 rings (SSSR count). The number of aliphatic hydroxyl groups excluding tert-OH is 3. The average Bonchev–Trinajstić information content (AvgIpc) is 3.53. The van der Waals surface area contributed by atoms with Gasteiger partial charge < -0.3 is 40.9 Å². The van der Waals surface area contributed by atoms with Crippen LogP contribution in [0.4, 0.5) is 5.95 Å². The summed E-state index contributed by atoms with van der Waals surface area (Å²) in [7, 11) is -10.8. The van der Waals surface area contributed by atoms with Gasteiger partial charge in [0.25, 0.3) is 11.5 Å². The molecule has 2 aromatic rings. The van der Waals surface area contributed by atoms with E-state index in [4.69, 9.17) is 16.2 Å². The summed E-state index contributed by atoms with van der Waals surface area (Å²) >= 11 is 8.59. The number of nitrogen functional groups attached to an aromatic ring is 1. The SMILES string of the molecule is Nc1nc2c(ncn2[C@@H]2O[C@H](COP(=O)(O)OP(=O)(O)OC[C@@H](O)C(S)C(S)[C@H]3C=NC4=NC(N)NC(=O)C4=N3)[C@@H](O)[C@H]2O)c(=O)[nH]1. The number of H-pyrrole nitrogens is 1. The third-order valence-electron chi connectivity index (χ3n) is 6.77. The van der Waals surface area contributed by atoms with Gasteiger partial charge in [-0.1, -0.05) is 0 Å². The normalized spacial score (nSPS) is 30.4. The molecule has 5 unspecified atom stereocenters. The summed E-state index contributed by atoms with van der Waals surface area (Å²) in [4.78, 5) is 66.4. The van der Waals surface area contributed by atoms with E-state index in [9.17, 15) is 43.8 Å². The predicted molar refractivity (Wildman–Crippen MR) is 166 cm³/mol. The number of phosphoric acid groups is 2. The molecule has 0 aromatic carbocycles. The molecule has 23 nitrogen and oxygen atoms in total. The number of carbonyl (C=O) groups excluding carboxylic acids is 1. The number of phosphoric ester groups is 2. The van der Waals surface area contributed by atoms with Crippen LogP contribution in [0.25, 0.3) is 11.2 Å². The number of nitrogens with zero attached hydrogens (tertiary/aromatic N) is 6. The summed E-state index contributed by atoms with van der Waals surface area (Å²) in [5.41, 5.74) is 10.1. The summed E-state index contributed by atoms with van der Waals surface area (Å²) < 4.78 is 45.0. The monoisotopic (exact) mass is 742 g/mol. The number of anilines is 1. The Morgan fingerprint density at radius 3 is 2.55 bits per heavy atom. The van der Waals surface area contributed by atoms with Crippen LogP contribution in [0.2, 0.25) is 0 Å². The highest BCUT2D eigenvalue weighted by Crippen LogP contribution is 2.60. The summed E-state index contributed by atoms with van der Waals surface area (Å²) in [5, 5.41) is 31.7. The second-order valence-electron chi connectivity index (χ2n) is 10.1. The van der Waals surface area contributed by atoms with Crippen molar-refractivity contribution in [1.82, 2.24) is 24.8 Å². The fourth-order valence-electron chi connectivity index (χ4n) is 4.50. The van der Waals surface area contributed by atoms with Crippen molar-refractivity contribution >= 4 is 81.7 Å². The van der Waals surface area contributed by atoms with Crippen molar-refractivity contribution in [3.05, 3.63) is 16.7 Å². The van der Waals surface area contributed by atoms with Crippen molar-refractivity contribution in [2.24, 2.45) is 20.7 Å². The Morgan fingerprint density at radius 1 is 1.13 bits per heavy atom. The molecule has 258 valence electrons. The lowest BCUT2D eigenvalue weighted by Crippen LogP contribution is -2.52. The van der Waals surface area contributed by atoms with Gasteiger partial charge in [0.1, 0.15) is 18.3 Å². The third-order valence-corrected chi connectivity index (χ3v) is 10.9. The number of aliphatic hydroxyl groups is 3. The highest BCUT2D eigenvalue weighted by atomic mass is 32.1. The smallest absolute Gasteiger partial charge is 0.390 e. The summed E-state index contributed by atoms with van der Waals surface area (Å²) in [6.07, 6.45) is -6.57. The number of imidazole rings is 1. The van der Waals surface area contributed by atoms with Crippen LogP contribution >= 0.6 is 40.9 Å². The van der Waals surface area contributed by atoms with E-state index in [0.29, 0.717) is 0 Å². The Hall–Kier alpha value is -2.61. The number of aromatic nitrogens is 4. The predicted octanol–water partition coefficient (Wildman–Crippen LogP) is -3.81. The first-order valence-electron chi connectivity index (χ1n) is 13.2. The van der Waals surface area contributed by atoms with Crippen molar-refractivity contribution < 1.29 is 57.1 Å². The molecule has 3 aliphatic heterocycles. The molecular weight excluding hydrogens is 714 g/mol. The quantitative estimate of drug-likeness (QED) is 0.0733. The Bertz CT molecular complexity index is 1790. The maximum atomic E-state index is 12.4. The number of thiol groups is 2. The summed E-state index contributed by atoms with van der Waals surface area (Å²) in [5.74, 6) is -0.892. The largest absolute Gasteiger partial charge is 0.481 e. The Balaban J connectivity index is 1.14. The summed E-state index contributed by atoms with van der Waals surface area (Å²) in [6, 6.07) is -0.899. The molecule has 0 aliphatic carbocycles. The lowest BCUT2D eigenvalue weighted by Gasteiger charge is -2.29. The minimum atomic E-state index is -5.41. The lowest BCUT2D eigenvalue weighted by molar-refractivity contribution is -0.115. The Morgan fingerprint density at radius 2 is 1.83 bits per heavy atom. The van der Waals surface area contributed by atoms with Gasteiger partial charge in [0.2, 0.25) is 5.95 Å². The van der Waals surface area contributed by atoms with E-state index in [1.807, 2.05) is 0 Å². The van der Waals surface area contributed by atoms with Crippen molar-refractivity contribution in [1.29, 1.82) is 0 Å². The standard InChI is InChI=1S/C20H28N10O13P2S2/c21-19-26-14-8(16(34)28-19)25-5(1-23-14)12(46)13(47)6(31)2-40-44(36,37)43-45(38,39)41-3-7-10(32)11(33)18(42-7)30-4-24-9-15(30)27-20(22)29-17(9)35/h1,4-7,10-13,18-19,31-33,46-47H,2-3,21H2,(H,28,34)(H,36,37)(H,38,39)(H3,22,27,29,35)/t5-,6-,7-,10-,11-,12?,13?,18-,19?/m1/s1. The van der Waals surface area contributed by atoms with E-state index in [0.717, 1.165) is 10.9 Å². The molecule has 0 bridgehead atoms. The van der Waals surface area contributed by atoms with Crippen LogP contribution in [0.5, 0.6) is 0 Å². The Labute approximate surface area is 273 Å². The molecular formula is C20H28N10O13P2S2. The van der Waals surface area contributed by atoms with Crippen molar-refractivity contribution in [2.45, 2.75) is 53.5 Å². The third kappa shape index (κ3) is 7.84. The van der Waals surface area contributed by atoms with E-state index >= 15 is 0 Å². The molecule has 11 atom stereocenters. The molecule has 1 saturated heterocycles. The average molecular weight is 743 g/mol. The number of rotatable bonds is 12. The molecule has 47 heavy (non-hydrogen) atoms. The van der Waals surface area contributed by atoms with Gasteiger partial charge in [0.05, 0.1) is 31.7 Å². The topological polar surface area (TPSA) is 354 Å². The first kappa shape index (κ1) is 35.7. The van der Waals surface area contributed by atoms with Crippen LogP contribution < -0.4 is 22.3 Å². The molecule has 2 aromatic heterocycles. The number of ether oxygens (including phenoxy) is 1. The van der Waals surface area contributed by atoms with Gasteiger partial charge in [0.15, 0.2) is 35.2 Å². The molecule has 27 heteroatoms. The first-order valence-corrected chi connectivity index (χ1v) is 17.2. The zero-order valence-electron chi connectivity index (χ0n) is 23.4. The lowest BCUT2D eigenvalue weighted by atomic mass is 10.1. The van der Waals surface area contributed by atoms with Crippen LogP contribution in [0.1, 0.15) is 6.23 Å². The fraction of sp³-hybridized carbons (Fsp3) is 0.550. The maximum Gasteiger partial charge on any atom is 0.481 e. The van der Waals surface area contributed by atoms with Gasteiger partial charge in [-0.15, -0.1) is 0 Å². The van der Waals surface area contributed by atoms with Crippen LogP contribution in [0.3, 0.4) is 0 Å². The molecule has 11 N–H and O–H groups in total. The van der Waals surface area contributed by atoms with Crippen molar-refractivity contribution in [3.63, 3.8) is 0 Å². The Kier molecular flexibility index (Phi) is 10.4. The van der Waals surface area contributed by atoms with Crippen molar-refractivity contribution in [3.8, 4) is 0 Å².